The molecule has 0 unspecified atom stereocenters. The largest absolute Gasteiger partial charge is 0.493 e. The maximum absolute atomic E-state index is 11.9. The molecule has 0 fully saturated rings. The van der Waals surface area contributed by atoms with Crippen molar-refractivity contribution >= 4 is 5.97 Å². The van der Waals surface area contributed by atoms with Crippen molar-refractivity contribution in [1.29, 1.82) is 0 Å². The van der Waals surface area contributed by atoms with Gasteiger partial charge in [0.15, 0.2) is 0 Å². The van der Waals surface area contributed by atoms with Crippen LogP contribution in [0.2, 0.25) is 0 Å². The van der Waals surface area contributed by atoms with Crippen LogP contribution in [0.4, 0.5) is 0 Å². The number of hydrogen-bond donors (Lipinski definition) is 2. The Hall–Kier alpha value is -2.37. The van der Waals surface area contributed by atoms with Crippen LogP contribution < -0.4 is 10.1 Å². The average Bonchev–Trinajstić information content (AvgIpc) is 2.73. The second-order valence-electron chi connectivity index (χ2n) is 10.0. The first kappa shape index (κ1) is 25.9. The summed E-state index contributed by atoms with van der Waals surface area (Å²) in [5, 5.41) is 13.0. The Morgan fingerprint density at radius 1 is 1.00 bits per heavy atom. The number of carboxylic acids is 1. The van der Waals surface area contributed by atoms with E-state index in [4.69, 9.17) is 9.47 Å². The fraction of sp³-hybridized carbons (Fsp3) is 0.519. The Balaban J connectivity index is 1.91. The molecule has 0 aliphatic heterocycles. The number of ether oxygens (including phenoxy) is 2. The van der Waals surface area contributed by atoms with E-state index >= 15 is 0 Å². The predicted molar refractivity (Wildman–Crippen MR) is 129 cm³/mol. The van der Waals surface area contributed by atoms with E-state index in [2.05, 4.69) is 39.9 Å². The van der Waals surface area contributed by atoms with Crippen LogP contribution in [0.25, 0.3) is 0 Å². The summed E-state index contributed by atoms with van der Waals surface area (Å²) in [6.45, 7) is 12.3. The summed E-state index contributed by atoms with van der Waals surface area (Å²) in [4.78, 5) is 11.9. The standard InChI is InChI=1S/C27H39NO4/c1-20(2)15-24(31-18-22-9-7-6-8-10-22)17-28-25(26(29)30)16-21-11-13-23(14-12-21)32-19-27(3,4)5/h6-14,20,24-25,28H,15-19H2,1-5H3,(H,29,30)/t24-,25-/m0/s1. The minimum atomic E-state index is -0.857. The van der Waals surface area contributed by atoms with E-state index in [0.29, 0.717) is 32.1 Å². The SMILES string of the molecule is CC(C)C[C@@H](CN[C@@H](Cc1ccc(OCC(C)(C)C)cc1)C(=O)O)OCc1ccccc1. The molecule has 2 rings (SSSR count). The van der Waals surface area contributed by atoms with E-state index < -0.39 is 12.0 Å². The molecular weight excluding hydrogens is 402 g/mol. The minimum Gasteiger partial charge on any atom is -0.493 e. The molecular formula is C27H39NO4. The summed E-state index contributed by atoms with van der Waals surface area (Å²) < 4.78 is 11.9. The van der Waals surface area contributed by atoms with Gasteiger partial charge in [0.2, 0.25) is 0 Å². The number of nitrogens with one attached hydrogen (secondary N) is 1. The van der Waals surface area contributed by atoms with Crippen molar-refractivity contribution in [1.82, 2.24) is 5.32 Å². The summed E-state index contributed by atoms with van der Waals surface area (Å²) >= 11 is 0. The van der Waals surface area contributed by atoms with Gasteiger partial charge in [-0.15, -0.1) is 0 Å². The van der Waals surface area contributed by atoms with E-state index in [1.807, 2.05) is 54.6 Å². The van der Waals surface area contributed by atoms with Crippen LogP contribution in [0.5, 0.6) is 5.75 Å². The number of rotatable bonds is 13. The molecule has 2 aromatic carbocycles. The van der Waals surface area contributed by atoms with Crippen LogP contribution >= 0.6 is 0 Å². The van der Waals surface area contributed by atoms with Crippen molar-refractivity contribution in [3.05, 3.63) is 65.7 Å². The third-order valence-corrected chi connectivity index (χ3v) is 4.99. The zero-order chi connectivity index (χ0) is 23.6. The highest BCUT2D eigenvalue weighted by atomic mass is 16.5. The molecule has 0 heterocycles. The lowest BCUT2D eigenvalue weighted by Gasteiger charge is -2.23. The van der Waals surface area contributed by atoms with Gasteiger partial charge in [-0.05, 0) is 47.4 Å². The molecule has 2 N–H and O–H groups in total. The lowest BCUT2D eigenvalue weighted by Crippen LogP contribution is -2.43. The molecule has 0 aliphatic carbocycles. The molecule has 0 amide bonds. The number of carbonyl (C=O) groups is 1. The molecule has 2 atom stereocenters. The summed E-state index contributed by atoms with van der Waals surface area (Å²) in [5.41, 5.74) is 2.16. The first-order valence-electron chi connectivity index (χ1n) is 11.5. The first-order chi connectivity index (χ1) is 15.1. The van der Waals surface area contributed by atoms with Crippen molar-refractivity contribution in [3.63, 3.8) is 0 Å². The van der Waals surface area contributed by atoms with Gasteiger partial charge in [-0.2, -0.15) is 0 Å². The van der Waals surface area contributed by atoms with Crippen molar-refractivity contribution in [2.24, 2.45) is 11.3 Å². The maximum atomic E-state index is 11.9. The number of carboxylic acid groups (broad SMARTS) is 1. The van der Waals surface area contributed by atoms with E-state index in [0.717, 1.165) is 23.3 Å². The van der Waals surface area contributed by atoms with Crippen LogP contribution in [0.1, 0.15) is 52.2 Å². The highest BCUT2D eigenvalue weighted by Crippen LogP contribution is 2.19. The summed E-state index contributed by atoms with van der Waals surface area (Å²) in [5.74, 6) is 0.403. The second kappa shape index (κ2) is 12.6. The van der Waals surface area contributed by atoms with Crippen molar-refractivity contribution in [2.75, 3.05) is 13.2 Å². The van der Waals surface area contributed by atoms with Gasteiger partial charge in [0.1, 0.15) is 11.8 Å². The van der Waals surface area contributed by atoms with Gasteiger partial charge in [0, 0.05) is 6.54 Å². The van der Waals surface area contributed by atoms with Gasteiger partial charge in [0.05, 0.1) is 19.3 Å². The van der Waals surface area contributed by atoms with E-state index in [-0.39, 0.29) is 11.5 Å². The molecule has 0 bridgehead atoms. The van der Waals surface area contributed by atoms with Crippen molar-refractivity contribution in [3.8, 4) is 5.75 Å². The Morgan fingerprint density at radius 3 is 2.22 bits per heavy atom. The number of aliphatic carboxylic acids is 1. The zero-order valence-electron chi connectivity index (χ0n) is 20.1. The monoisotopic (exact) mass is 441 g/mol. The molecule has 5 heteroatoms. The van der Waals surface area contributed by atoms with Crippen LogP contribution in [-0.2, 0) is 22.6 Å². The molecule has 0 radical (unpaired) electrons. The number of hydrogen-bond acceptors (Lipinski definition) is 4. The maximum Gasteiger partial charge on any atom is 0.321 e. The van der Waals surface area contributed by atoms with Gasteiger partial charge < -0.3 is 19.9 Å². The fourth-order valence-corrected chi connectivity index (χ4v) is 3.30. The third-order valence-electron chi connectivity index (χ3n) is 4.99. The molecule has 2 aromatic rings. The fourth-order valence-electron chi connectivity index (χ4n) is 3.30. The predicted octanol–water partition coefficient (Wildman–Crippen LogP) is 5.33. The van der Waals surface area contributed by atoms with E-state index in [1.165, 1.54) is 0 Å². The van der Waals surface area contributed by atoms with Crippen LogP contribution in [0.15, 0.2) is 54.6 Å². The van der Waals surface area contributed by atoms with Crippen LogP contribution in [-0.4, -0.2) is 36.4 Å². The second-order valence-corrected chi connectivity index (χ2v) is 10.0. The van der Waals surface area contributed by atoms with Crippen LogP contribution in [0, 0.1) is 11.3 Å². The quantitative estimate of drug-likeness (QED) is 0.440. The normalized spacial score (nSPS) is 13.7. The Labute approximate surface area is 193 Å². The Morgan fingerprint density at radius 2 is 1.66 bits per heavy atom. The average molecular weight is 442 g/mol. The lowest BCUT2D eigenvalue weighted by atomic mass is 9.99. The Bertz CT molecular complexity index is 797. The lowest BCUT2D eigenvalue weighted by molar-refractivity contribution is -0.139. The highest BCUT2D eigenvalue weighted by Gasteiger charge is 2.21. The molecule has 0 saturated heterocycles. The molecule has 32 heavy (non-hydrogen) atoms. The first-order valence-corrected chi connectivity index (χ1v) is 11.5. The topological polar surface area (TPSA) is 67.8 Å². The molecule has 5 nitrogen and oxygen atoms in total. The molecule has 0 aliphatic rings. The van der Waals surface area contributed by atoms with Crippen molar-refractivity contribution < 1.29 is 19.4 Å². The summed E-state index contributed by atoms with van der Waals surface area (Å²) in [6, 6.07) is 17.1. The van der Waals surface area contributed by atoms with Gasteiger partial charge in [-0.25, -0.2) is 0 Å². The summed E-state index contributed by atoms with van der Waals surface area (Å²) in [6.07, 6.45) is 1.22. The molecule has 176 valence electrons. The smallest absolute Gasteiger partial charge is 0.321 e. The summed E-state index contributed by atoms with van der Waals surface area (Å²) in [7, 11) is 0. The minimum absolute atomic E-state index is 0.0507. The highest BCUT2D eigenvalue weighted by molar-refractivity contribution is 5.73. The Kier molecular flexibility index (Phi) is 10.2. The molecule has 0 aromatic heterocycles. The molecule has 0 saturated carbocycles. The molecule has 0 spiro atoms. The van der Waals surface area contributed by atoms with E-state index in [9.17, 15) is 9.90 Å². The third kappa shape index (κ3) is 10.3. The number of benzene rings is 2. The van der Waals surface area contributed by atoms with Crippen LogP contribution in [0.3, 0.4) is 0 Å². The van der Waals surface area contributed by atoms with Crippen molar-refractivity contribution in [2.45, 2.75) is 66.2 Å². The van der Waals surface area contributed by atoms with Gasteiger partial charge in [0.25, 0.3) is 0 Å². The van der Waals surface area contributed by atoms with Gasteiger partial charge in [-0.3, -0.25) is 4.79 Å². The van der Waals surface area contributed by atoms with Gasteiger partial charge >= 0.3 is 5.97 Å². The van der Waals surface area contributed by atoms with E-state index in [1.54, 1.807) is 0 Å². The van der Waals surface area contributed by atoms with Gasteiger partial charge in [-0.1, -0.05) is 77.1 Å². The zero-order valence-corrected chi connectivity index (χ0v) is 20.1.